The molecule has 0 fully saturated rings. The lowest BCUT2D eigenvalue weighted by Gasteiger charge is -2.34. The van der Waals surface area contributed by atoms with Gasteiger partial charge in [0.2, 0.25) is 0 Å². The summed E-state index contributed by atoms with van der Waals surface area (Å²) in [5.74, 6) is -1.74. The number of unbranched alkanes of at least 4 members (excludes halogenated alkanes) is 33. The first-order chi connectivity index (χ1) is 33.1. The molecule has 0 aromatic rings. The molecule has 2 atom stereocenters. The summed E-state index contributed by atoms with van der Waals surface area (Å²) in [5, 5.41) is 11.7. The van der Waals surface area contributed by atoms with Gasteiger partial charge in [-0.15, -0.1) is 0 Å². The van der Waals surface area contributed by atoms with Gasteiger partial charge in [-0.25, -0.2) is 0 Å². The number of likely N-dealkylation sites (N-methyl/N-ethyl adjacent to an activating group) is 1. The lowest BCUT2D eigenvalue weighted by molar-refractivity contribution is -0.889. The first-order valence-electron chi connectivity index (χ1n) is 29.0. The molecule has 0 N–H and O–H groups in total. The Labute approximate surface area is 421 Å². The third-order valence-electron chi connectivity index (χ3n) is 13.2. The van der Waals surface area contributed by atoms with E-state index in [9.17, 15) is 19.5 Å². The zero-order valence-corrected chi connectivity index (χ0v) is 45.5. The third kappa shape index (κ3) is 48.6. The molecule has 2 unspecified atom stereocenters. The van der Waals surface area contributed by atoms with Crippen molar-refractivity contribution in [1.29, 1.82) is 0 Å². The topological polar surface area (TPSA) is 102 Å². The van der Waals surface area contributed by atoms with E-state index in [4.69, 9.17) is 14.2 Å². The summed E-state index contributed by atoms with van der Waals surface area (Å²) in [5.41, 5.74) is 0. The number of carbonyl (C=O) groups excluding carboxylic acids is 3. The molecule has 0 aliphatic rings. The lowest BCUT2D eigenvalue weighted by Crippen LogP contribution is -2.55. The molecule has 398 valence electrons. The van der Waals surface area contributed by atoms with Crippen LogP contribution in [0.3, 0.4) is 0 Å². The number of hydrogen-bond donors (Lipinski definition) is 0. The van der Waals surface area contributed by atoms with E-state index in [0.29, 0.717) is 12.8 Å². The van der Waals surface area contributed by atoms with E-state index in [1.807, 2.05) is 21.1 Å². The maximum Gasteiger partial charge on any atom is 0.306 e. The second-order valence-electron chi connectivity index (χ2n) is 20.9. The van der Waals surface area contributed by atoms with E-state index in [1.165, 1.54) is 193 Å². The van der Waals surface area contributed by atoms with Crippen LogP contribution in [0.1, 0.15) is 277 Å². The number of quaternary nitrogens is 1. The van der Waals surface area contributed by atoms with Crippen molar-refractivity contribution in [1.82, 2.24) is 0 Å². The highest BCUT2D eigenvalue weighted by Gasteiger charge is 2.25. The maximum atomic E-state index is 12.8. The predicted molar refractivity (Wildman–Crippen MR) is 287 cm³/mol. The summed E-state index contributed by atoms with van der Waals surface area (Å²) < 4.78 is 17.3. The molecule has 0 aromatic heterocycles. The van der Waals surface area contributed by atoms with Gasteiger partial charge in [0.05, 0.1) is 40.3 Å². The van der Waals surface area contributed by atoms with Crippen LogP contribution >= 0.6 is 0 Å². The molecule has 0 aliphatic heterocycles. The number of carbonyl (C=O) groups is 3. The molecule has 0 radical (unpaired) electrons. The number of carboxylic acids is 1. The summed E-state index contributed by atoms with van der Waals surface area (Å²) in [4.78, 5) is 37.2. The SMILES string of the molecule is CCCCCCCCCCC/C=C/C/C=C/CCCCCCCCCC(=O)OC(COCCC(C(=O)[O-])[N+](C)(C)C)COC(=O)CCCCCCCCC/C=C/CCCCCCCCCCCC. The van der Waals surface area contributed by atoms with E-state index in [0.717, 1.165) is 51.4 Å². The van der Waals surface area contributed by atoms with E-state index >= 15 is 0 Å². The fraction of sp³-hybridized carbons (Fsp3) is 0.850. The Kier molecular flexibility index (Phi) is 49.1. The van der Waals surface area contributed by atoms with Gasteiger partial charge in [-0.1, -0.05) is 224 Å². The summed E-state index contributed by atoms with van der Waals surface area (Å²) in [6, 6.07) is -0.729. The van der Waals surface area contributed by atoms with Crippen molar-refractivity contribution in [2.45, 2.75) is 289 Å². The van der Waals surface area contributed by atoms with Gasteiger partial charge in [-0.05, 0) is 70.6 Å². The zero-order valence-electron chi connectivity index (χ0n) is 45.5. The molecule has 0 heterocycles. The van der Waals surface area contributed by atoms with E-state index < -0.39 is 18.1 Å². The summed E-state index contributed by atoms with van der Waals surface area (Å²) >= 11 is 0. The molecule has 0 aromatic carbocycles. The first kappa shape index (κ1) is 65.5. The monoisotopic (exact) mass is 958 g/mol. The molecular weight excluding hydrogens is 847 g/mol. The number of carboxylic acid groups (broad SMARTS) is 1. The Hall–Kier alpha value is -2.45. The van der Waals surface area contributed by atoms with Crippen LogP contribution in [-0.2, 0) is 28.6 Å². The normalized spacial score (nSPS) is 13.0. The van der Waals surface area contributed by atoms with E-state index in [1.54, 1.807) is 0 Å². The van der Waals surface area contributed by atoms with Crippen LogP contribution in [0.15, 0.2) is 36.5 Å². The average Bonchev–Trinajstić information content (AvgIpc) is 3.30. The van der Waals surface area contributed by atoms with Crippen molar-refractivity contribution in [2.75, 3.05) is 41.0 Å². The van der Waals surface area contributed by atoms with E-state index in [-0.39, 0.29) is 42.7 Å². The number of allylic oxidation sites excluding steroid dienone is 6. The van der Waals surface area contributed by atoms with Crippen molar-refractivity contribution in [3.63, 3.8) is 0 Å². The predicted octanol–water partition coefficient (Wildman–Crippen LogP) is 16.0. The molecular formula is C60H111NO7. The summed E-state index contributed by atoms with van der Waals surface area (Å²) in [6.07, 6.45) is 61.9. The first-order valence-corrected chi connectivity index (χ1v) is 29.0. The van der Waals surface area contributed by atoms with Gasteiger partial charge in [0.25, 0.3) is 0 Å². The Morgan fingerprint density at radius 2 is 0.779 bits per heavy atom. The van der Waals surface area contributed by atoms with Gasteiger partial charge in [0, 0.05) is 19.3 Å². The molecule has 8 nitrogen and oxygen atoms in total. The van der Waals surface area contributed by atoms with Crippen molar-refractivity contribution in [3.05, 3.63) is 36.5 Å². The van der Waals surface area contributed by atoms with Crippen LogP contribution in [0.4, 0.5) is 0 Å². The van der Waals surface area contributed by atoms with Crippen LogP contribution in [0.5, 0.6) is 0 Å². The minimum absolute atomic E-state index is 0.0381. The number of nitrogens with zero attached hydrogens (tertiary/aromatic N) is 1. The van der Waals surface area contributed by atoms with Crippen molar-refractivity contribution >= 4 is 17.9 Å². The molecule has 0 spiro atoms. The zero-order chi connectivity index (χ0) is 49.9. The third-order valence-corrected chi connectivity index (χ3v) is 13.2. The van der Waals surface area contributed by atoms with Crippen molar-refractivity contribution in [2.24, 2.45) is 0 Å². The van der Waals surface area contributed by atoms with Crippen LogP contribution in [-0.4, -0.2) is 75.5 Å². The standard InChI is InChI=1S/C60H111NO7/c1-6-8-10-12-14-16-18-20-22-24-26-28-29-31-33-35-37-39-41-43-45-47-49-51-59(63)68-56(54-66-53-52-57(60(64)65)61(3,4)5)55-67-58(62)50-48-46-44-42-40-38-36-34-32-30-27-25-23-21-19-17-15-13-11-9-7-2/h26,28,30-33,56-57H,6-25,27,29,34-55H2,1-5H3/b28-26+,32-30+,33-31+. The smallest absolute Gasteiger partial charge is 0.306 e. The highest BCUT2D eigenvalue weighted by atomic mass is 16.6. The Morgan fingerprint density at radius 1 is 0.441 bits per heavy atom. The molecule has 0 amide bonds. The Bertz CT molecular complexity index is 1210. The fourth-order valence-electron chi connectivity index (χ4n) is 8.75. The second kappa shape index (κ2) is 50.9. The van der Waals surface area contributed by atoms with Crippen LogP contribution in [0.2, 0.25) is 0 Å². The largest absolute Gasteiger partial charge is 0.544 e. The van der Waals surface area contributed by atoms with Crippen LogP contribution in [0, 0.1) is 0 Å². The molecule has 0 rings (SSSR count). The van der Waals surface area contributed by atoms with Crippen molar-refractivity contribution < 1.29 is 38.2 Å². The number of ether oxygens (including phenoxy) is 3. The molecule has 0 saturated carbocycles. The van der Waals surface area contributed by atoms with Gasteiger partial charge in [0.1, 0.15) is 12.6 Å². The van der Waals surface area contributed by atoms with Gasteiger partial charge >= 0.3 is 11.9 Å². The minimum Gasteiger partial charge on any atom is -0.544 e. The van der Waals surface area contributed by atoms with Gasteiger partial charge in [-0.3, -0.25) is 9.59 Å². The molecule has 0 saturated heterocycles. The van der Waals surface area contributed by atoms with Crippen LogP contribution in [0.25, 0.3) is 0 Å². The Morgan fingerprint density at radius 3 is 1.15 bits per heavy atom. The quantitative estimate of drug-likeness (QED) is 0.0259. The molecule has 0 bridgehead atoms. The van der Waals surface area contributed by atoms with Crippen LogP contribution < -0.4 is 5.11 Å². The van der Waals surface area contributed by atoms with Gasteiger partial charge < -0.3 is 28.6 Å². The number of hydrogen-bond acceptors (Lipinski definition) is 7. The number of aliphatic carboxylic acids is 1. The molecule has 8 heteroatoms. The maximum absolute atomic E-state index is 12.8. The number of esters is 2. The highest BCUT2D eigenvalue weighted by Crippen LogP contribution is 2.16. The average molecular weight is 959 g/mol. The summed E-state index contributed by atoms with van der Waals surface area (Å²) in [6.45, 7) is 4.70. The van der Waals surface area contributed by atoms with Gasteiger partial charge in [-0.2, -0.15) is 0 Å². The van der Waals surface area contributed by atoms with E-state index in [2.05, 4.69) is 50.3 Å². The summed E-state index contributed by atoms with van der Waals surface area (Å²) in [7, 11) is 5.42. The fourth-order valence-corrected chi connectivity index (χ4v) is 8.75. The Balaban J connectivity index is 4.18. The molecule has 0 aliphatic carbocycles. The van der Waals surface area contributed by atoms with Gasteiger partial charge in [0.15, 0.2) is 6.10 Å². The van der Waals surface area contributed by atoms with Crippen molar-refractivity contribution in [3.8, 4) is 0 Å². The second-order valence-corrected chi connectivity index (χ2v) is 20.9. The highest BCUT2D eigenvalue weighted by molar-refractivity contribution is 5.70. The lowest BCUT2D eigenvalue weighted by atomic mass is 10.1. The number of rotatable bonds is 53. The molecule has 68 heavy (non-hydrogen) atoms. The minimum atomic E-state index is -1.12.